The summed E-state index contributed by atoms with van der Waals surface area (Å²) in [7, 11) is 0. The quantitative estimate of drug-likeness (QED) is 0.0185. The minimum atomic E-state index is -2.32. The van der Waals surface area contributed by atoms with Gasteiger partial charge >= 0.3 is 11.9 Å². The van der Waals surface area contributed by atoms with Gasteiger partial charge in [-0.3, -0.25) is 4.79 Å². The van der Waals surface area contributed by atoms with Crippen molar-refractivity contribution in [2.45, 2.75) is 415 Å². The summed E-state index contributed by atoms with van der Waals surface area (Å²) in [5.41, 5.74) is -5.46. The Balaban J connectivity index is 0.643. The van der Waals surface area contributed by atoms with Crippen LogP contribution in [0.5, 0.6) is 0 Å². The van der Waals surface area contributed by atoms with Crippen LogP contribution in [-0.2, 0) is 109 Å². The molecule has 4 saturated carbocycles. The number of ether oxygens (including phenoxy) is 20. The van der Waals surface area contributed by atoms with E-state index >= 15 is 4.79 Å². The Hall–Kier alpha value is -3.41. The first kappa shape index (κ1) is 106. The maximum Gasteiger partial charge on any atom is 0.335 e. The third-order valence-electron chi connectivity index (χ3n) is 32.4. The molecule has 0 radical (unpaired) electrons. The summed E-state index contributed by atoms with van der Waals surface area (Å²) in [6, 6.07) is 0. The lowest BCUT2D eigenvalue weighted by Gasteiger charge is -2.71. The molecule has 10 saturated heterocycles. The molecule has 49 nitrogen and oxygen atoms in total. The van der Waals surface area contributed by atoms with Gasteiger partial charge in [-0.15, -0.1) is 0 Å². The molecule has 15 aliphatic rings. The zero-order valence-electron chi connectivity index (χ0n) is 75.7. The van der Waals surface area contributed by atoms with Crippen LogP contribution in [-0.4, -0.2) is 485 Å². The summed E-state index contributed by atoms with van der Waals surface area (Å²) in [5, 5.41) is 290. The van der Waals surface area contributed by atoms with Crippen molar-refractivity contribution >= 4 is 18.2 Å². The number of aldehydes is 1. The van der Waals surface area contributed by atoms with Crippen LogP contribution in [0.4, 0.5) is 0 Å². The lowest BCUT2D eigenvalue weighted by molar-refractivity contribution is -0.390. The first-order valence-corrected chi connectivity index (χ1v) is 46.2. The van der Waals surface area contributed by atoms with Crippen LogP contribution in [0.3, 0.4) is 0 Å². The third kappa shape index (κ3) is 19.1. The third-order valence-corrected chi connectivity index (χ3v) is 32.4. The summed E-state index contributed by atoms with van der Waals surface area (Å²) in [4.78, 5) is 44.2. The second-order valence-electron chi connectivity index (χ2n) is 41.1. The van der Waals surface area contributed by atoms with Crippen molar-refractivity contribution in [3.05, 3.63) is 11.6 Å². The largest absolute Gasteiger partial charge is 0.479 e. The number of hydrogen-bond donors (Lipinski definition) is 26. The Kier molecular flexibility index (Phi) is 32.1. The van der Waals surface area contributed by atoms with Crippen LogP contribution in [0.15, 0.2) is 11.6 Å². The molecule has 15 rings (SSSR count). The molecule has 26 N–H and O–H groups in total. The van der Waals surface area contributed by atoms with Gasteiger partial charge in [-0.1, -0.05) is 53.2 Å². The number of carboxylic acids is 1. The Morgan fingerprint density at radius 3 is 1.39 bits per heavy atom. The van der Waals surface area contributed by atoms with E-state index in [2.05, 4.69) is 26.8 Å². The Labute approximate surface area is 773 Å². The number of carbonyl (C=O) groups excluding carboxylic acids is 2. The molecule has 0 aromatic rings. The molecule has 0 aromatic carbocycles. The number of aliphatic carboxylic acids is 1. The zero-order chi connectivity index (χ0) is 98.3. The van der Waals surface area contributed by atoms with Crippen LogP contribution >= 0.6 is 0 Å². The SMILES string of the molecule is C[C@@H]1O[C@@H](O[C@@H]2[C@H](O)[C@@H](O[C@@H]3O[C@H](C)[C@@H](O)[C@H](O)[C@H]3O)[C@H](OC(=O)[C@]34CCC(C)(C)C[C@H]3C3=CC[C@@H]5[C@@]6(C)CC[C@H](O[C@@H]7O[C@H](C(=O)O)[C@@H](O[C@@H]8OC[C@H](O[C@@H]9O[C@H](CO)[C@H](O)[C@H](O)[C@H]9O)[C@H](O)[C@H]8O)[C@H](O)[C@H]7O[C@@H]7O[C@H](CO)[C@H](O)[C@H](O)[C@H]7O)[C@@](C)(C=O)[C@@H]6CC[C@@]5(C)[C@]3(C)C[C@H]4O)O[C@@H]2C)[C@H](O)[C@H](O)[C@H]1O[C@@H]1OC[C@@H](O)[C@H](O[C@@H]2OC[C@@H](O)[C@H](O[C@@H]3OC[C@@H](O)[C@H](O)[C@H]3O)[C@H]2O)[C@H]1O. The summed E-state index contributed by atoms with van der Waals surface area (Å²) >= 11 is 0. The molecule has 49 heteroatoms. The molecular weight excluding hydrogens is 1820 g/mol. The molecule has 5 aliphatic carbocycles. The van der Waals surface area contributed by atoms with E-state index in [0.29, 0.717) is 32.1 Å². The van der Waals surface area contributed by atoms with E-state index in [4.69, 9.17) is 94.7 Å². The average Bonchev–Trinajstić information content (AvgIpc) is 0.667. The van der Waals surface area contributed by atoms with Gasteiger partial charge in [0.15, 0.2) is 68.8 Å². The van der Waals surface area contributed by atoms with Gasteiger partial charge in [0.1, 0.15) is 201 Å². The molecule has 56 atom stereocenters. The minimum Gasteiger partial charge on any atom is -0.479 e. The predicted molar refractivity (Wildman–Crippen MR) is 433 cm³/mol. The van der Waals surface area contributed by atoms with Gasteiger partial charge in [0, 0.05) is 0 Å². The van der Waals surface area contributed by atoms with Crippen molar-refractivity contribution in [2.24, 2.45) is 50.2 Å². The van der Waals surface area contributed by atoms with E-state index < -0.39 is 391 Å². The fourth-order valence-electron chi connectivity index (χ4n) is 24.1. The highest BCUT2D eigenvalue weighted by Crippen LogP contribution is 2.76. The highest BCUT2D eigenvalue weighted by Gasteiger charge is 2.74. The molecular formula is C86H136O49. The van der Waals surface area contributed by atoms with Gasteiger partial charge in [-0.05, 0) is 118 Å². The topological polar surface area (TPSA) is 762 Å². The summed E-state index contributed by atoms with van der Waals surface area (Å²) in [6.45, 7) is 11.9. The zero-order valence-corrected chi connectivity index (χ0v) is 75.7. The molecule has 14 fully saturated rings. The van der Waals surface area contributed by atoms with Crippen LogP contribution in [0.1, 0.15) is 120 Å². The molecule has 0 unspecified atom stereocenters. The lowest BCUT2D eigenvalue weighted by atomic mass is 9.33. The van der Waals surface area contributed by atoms with Crippen LogP contribution < -0.4 is 0 Å². The Bertz CT molecular complexity index is 4030. The first-order valence-electron chi connectivity index (χ1n) is 46.2. The molecule has 135 heavy (non-hydrogen) atoms. The van der Waals surface area contributed by atoms with Gasteiger partial charge in [0.2, 0.25) is 6.29 Å². The van der Waals surface area contributed by atoms with Crippen LogP contribution in [0.25, 0.3) is 0 Å². The van der Waals surface area contributed by atoms with Crippen molar-refractivity contribution in [3.8, 4) is 0 Å². The Morgan fingerprint density at radius 1 is 0.393 bits per heavy atom. The highest BCUT2D eigenvalue weighted by molar-refractivity contribution is 5.80. The normalized spacial score (nSPS) is 55.3. The summed E-state index contributed by atoms with van der Waals surface area (Å²) in [5.74, 6) is -4.48. The van der Waals surface area contributed by atoms with E-state index in [1.54, 1.807) is 6.92 Å². The first-order chi connectivity index (χ1) is 63.5. The molecule has 0 spiro atoms. The fraction of sp³-hybridized carbons (Fsp3) is 0.942. The number of esters is 1. The second kappa shape index (κ2) is 40.9. The molecule has 774 valence electrons. The Morgan fingerprint density at radius 2 is 0.837 bits per heavy atom. The molecule has 10 heterocycles. The number of allylic oxidation sites excluding steroid dienone is 2. The van der Waals surface area contributed by atoms with Crippen LogP contribution in [0.2, 0.25) is 0 Å². The number of hydrogen-bond acceptors (Lipinski definition) is 48. The molecule has 10 aliphatic heterocycles. The van der Waals surface area contributed by atoms with Crippen molar-refractivity contribution < 1.29 is 242 Å². The number of aliphatic hydroxyl groups excluding tert-OH is 25. The highest BCUT2D eigenvalue weighted by atomic mass is 16.8. The van der Waals surface area contributed by atoms with E-state index in [1.807, 2.05) is 13.8 Å². The minimum absolute atomic E-state index is 0.0197. The van der Waals surface area contributed by atoms with Crippen molar-refractivity contribution in [2.75, 3.05) is 39.6 Å². The molecule has 0 aromatic heterocycles. The fourth-order valence-corrected chi connectivity index (χ4v) is 24.1. The number of carbonyl (C=O) groups is 3. The maximum absolute atomic E-state index is 16.2. The maximum atomic E-state index is 16.2. The van der Waals surface area contributed by atoms with Gasteiger partial charge in [0.25, 0.3) is 0 Å². The number of carboxylic acid groups (broad SMARTS) is 1. The average molecular weight is 1950 g/mol. The standard InChI is InChI=1S/C86H136O49/c1-27-42(94)47(99)53(105)74(120-27)132-66-57(109)62(128-75-56(108)50(102)61(28(2)121-75)127-72-59(111)64(34(92)23-117-72)130-73-60(112)63(33(91)24-118-73)129-70-51(103)43(95)32(90)22-116-70)29(3)122-78(66)135-80(115)86-17-16-81(4,5)18-31(86)30-10-11-39-82(6)14-13-41(83(7,26-89)38(82)12-15-84(39,8)85(30,9)19-40(86)93)126-79-67(133-77-55(107)49(101)45(97)36(21-88)124-77)58(110)65(68(134-79)69(113)114)131-71-52(104)46(98)37(25-119-71)125-76-54(106)48(100)44(96)35(20-87)123-76/h10,26-29,31-68,70-79,87-88,90-112H,11-25H2,1-9H3,(H,113,114)/t27-,28+,29-,31+,32-,33-,34-,35-,36-,37+,38-,39-,40-,41+,42-,43+,44+,45+,46+,47+,48+,49+,50+,51-,52-,53-,54-,55-,56-,57+,58+,59-,60-,61+,62+,63+,64+,65+,66-,67-,68+,70+,71+,72+,73+,74+,75+,76+,77+,78+,79-,82+,83+,84-,85-,86-/m1/s1. The second-order valence-corrected chi connectivity index (χ2v) is 41.1. The summed E-state index contributed by atoms with van der Waals surface area (Å²) in [6.07, 6.45) is -83.1. The molecule has 0 amide bonds. The predicted octanol–water partition coefficient (Wildman–Crippen LogP) is -11.2. The van der Waals surface area contributed by atoms with Crippen molar-refractivity contribution in [3.63, 3.8) is 0 Å². The van der Waals surface area contributed by atoms with Crippen molar-refractivity contribution in [1.29, 1.82) is 0 Å². The van der Waals surface area contributed by atoms with E-state index in [-0.39, 0.29) is 31.6 Å². The van der Waals surface area contributed by atoms with E-state index in [0.717, 1.165) is 11.9 Å². The monoisotopic (exact) mass is 1950 g/mol. The molecule has 0 bridgehead atoms. The number of rotatable bonds is 24. The smallest absolute Gasteiger partial charge is 0.335 e. The van der Waals surface area contributed by atoms with Gasteiger partial charge < -0.3 is 232 Å². The van der Waals surface area contributed by atoms with E-state index in [1.165, 1.54) is 20.8 Å². The number of fused-ring (bicyclic) bond motifs is 7. The summed E-state index contributed by atoms with van der Waals surface area (Å²) < 4.78 is 119. The van der Waals surface area contributed by atoms with Gasteiger partial charge in [0.05, 0.1) is 75.6 Å². The van der Waals surface area contributed by atoms with Crippen molar-refractivity contribution in [1.82, 2.24) is 0 Å². The van der Waals surface area contributed by atoms with Gasteiger partial charge in [-0.25, -0.2) is 4.79 Å². The van der Waals surface area contributed by atoms with E-state index in [9.17, 15) is 142 Å². The number of aliphatic hydroxyl groups is 25. The lowest BCUT2D eigenvalue weighted by Crippen LogP contribution is -2.69. The van der Waals surface area contributed by atoms with Gasteiger partial charge in [-0.2, -0.15) is 0 Å². The van der Waals surface area contributed by atoms with Crippen LogP contribution in [0, 0.1) is 50.2 Å².